The summed E-state index contributed by atoms with van der Waals surface area (Å²) in [6.07, 6.45) is 3.73. The number of nitrogens with one attached hydrogen (secondary N) is 1. The van der Waals surface area contributed by atoms with Crippen molar-refractivity contribution in [1.29, 1.82) is 0 Å². The first-order valence-corrected chi connectivity index (χ1v) is 6.05. The van der Waals surface area contributed by atoms with E-state index >= 15 is 0 Å². The van der Waals surface area contributed by atoms with Crippen LogP contribution in [0.1, 0.15) is 31.3 Å². The summed E-state index contributed by atoms with van der Waals surface area (Å²) in [6, 6.07) is 7.31. The van der Waals surface area contributed by atoms with Crippen molar-refractivity contribution in [2.45, 2.75) is 32.4 Å². The van der Waals surface area contributed by atoms with Crippen LogP contribution in [0.15, 0.2) is 41.1 Å². The molecule has 0 saturated heterocycles. The van der Waals surface area contributed by atoms with Crippen molar-refractivity contribution in [2.24, 2.45) is 0 Å². The van der Waals surface area contributed by atoms with Gasteiger partial charge in [0.05, 0.1) is 18.2 Å². The van der Waals surface area contributed by atoms with Crippen molar-refractivity contribution in [1.82, 2.24) is 10.3 Å². The molecule has 2 unspecified atom stereocenters. The maximum atomic E-state index is 12.8. The molecule has 0 amide bonds. The van der Waals surface area contributed by atoms with Gasteiger partial charge in [0.15, 0.2) is 0 Å². The van der Waals surface area contributed by atoms with Crippen molar-refractivity contribution in [3.05, 3.63) is 54.0 Å². The van der Waals surface area contributed by atoms with Crippen LogP contribution < -0.4 is 5.32 Å². The molecule has 96 valence electrons. The fraction of sp³-hybridized carbons (Fsp3) is 0.357. The minimum atomic E-state index is -0.311. The first-order valence-electron chi connectivity index (χ1n) is 6.05. The topological polar surface area (TPSA) is 38.1 Å². The molecule has 2 atom stereocenters. The zero-order chi connectivity index (χ0) is 13.0. The molecule has 1 N–H and O–H groups in total. The number of hydrogen-bond acceptors (Lipinski definition) is 3. The van der Waals surface area contributed by atoms with Gasteiger partial charge in [-0.3, -0.25) is 4.98 Å². The van der Waals surface area contributed by atoms with Crippen molar-refractivity contribution in [3.63, 3.8) is 0 Å². The lowest BCUT2D eigenvalue weighted by Gasteiger charge is -2.18. The largest absolute Gasteiger partial charge is 0.469 e. The van der Waals surface area contributed by atoms with Crippen LogP contribution in [0.5, 0.6) is 0 Å². The van der Waals surface area contributed by atoms with Gasteiger partial charge in [0.25, 0.3) is 0 Å². The van der Waals surface area contributed by atoms with Gasteiger partial charge in [-0.1, -0.05) is 0 Å². The van der Waals surface area contributed by atoms with Gasteiger partial charge in [-0.25, -0.2) is 4.39 Å². The number of nitrogens with zero attached hydrogens (tertiary/aromatic N) is 1. The third-order valence-electron chi connectivity index (χ3n) is 2.82. The Kier molecular flexibility index (Phi) is 4.10. The monoisotopic (exact) mass is 248 g/mol. The van der Waals surface area contributed by atoms with Gasteiger partial charge in [0, 0.05) is 18.5 Å². The Bertz CT molecular complexity index is 467. The fourth-order valence-corrected chi connectivity index (χ4v) is 1.94. The van der Waals surface area contributed by atoms with Gasteiger partial charge in [0.1, 0.15) is 11.6 Å². The highest BCUT2D eigenvalue weighted by Crippen LogP contribution is 2.12. The van der Waals surface area contributed by atoms with Gasteiger partial charge >= 0.3 is 0 Å². The van der Waals surface area contributed by atoms with Crippen molar-refractivity contribution in [3.8, 4) is 0 Å². The number of aromatic nitrogens is 1. The average molecular weight is 248 g/mol. The molecular weight excluding hydrogens is 231 g/mol. The summed E-state index contributed by atoms with van der Waals surface area (Å²) in [4.78, 5) is 4.07. The van der Waals surface area contributed by atoms with Crippen LogP contribution >= 0.6 is 0 Å². The molecule has 0 spiro atoms. The quantitative estimate of drug-likeness (QED) is 0.883. The minimum Gasteiger partial charge on any atom is -0.469 e. The van der Waals surface area contributed by atoms with E-state index in [1.54, 1.807) is 12.3 Å². The molecule has 0 bridgehead atoms. The number of halogens is 1. The smallest absolute Gasteiger partial charge is 0.141 e. The van der Waals surface area contributed by atoms with E-state index in [1.165, 1.54) is 12.3 Å². The van der Waals surface area contributed by atoms with E-state index in [4.69, 9.17) is 4.42 Å². The molecule has 0 radical (unpaired) electrons. The Morgan fingerprint density at radius 3 is 2.78 bits per heavy atom. The van der Waals surface area contributed by atoms with Crippen molar-refractivity contribution < 1.29 is 8.81 Å². The first-order chi connectivity index (χ1) is 8.65. The second-order valence-corrected chi connectivity index (χ2v) is 4.47. The highest BCUT2D eigenvalue weighted by molar-refractivity contribution is 5.09. The Labute approximate surface area is 106 Å². The summed E-state index contributed by atoms with van der Waals surface area (Å²) in [6.45, 7) is 4.10. The standard InChI is InChI=1S/C14H17FN2O/c1-10(8-13-4-3-7-18-13)17-11(2)14-6-5-12(15)9-16-14/h3-7,9-11,17H,8H2,1-2H3. The molecule has 4 heteroatoms. The van der Waals surface area contributed by atoms with Crippen LogP contribution in [0.4, 0.5) is 4.39 Å². The molecule has 2 rings (SSSR count). The molecule has 0 fully saturated rings. The van der Waals surface area contributed by atoms with Crippen LogP contribution in [0.25, 0.3) is 0 Å². The first kappa shape index (κ1) is 12.8. The lowest BCUT2D eigenvalue weighted by molar-refractivity contribution is 0.425. The van der Waals surface area contributed by atoms with Crippen LogP contribution in [0.3, 0.4) is 0 Å². The minimum absolute atomic E-state index is 0.0792. The number of rotatable bonds is 5. The molecule has 2 heterocycles. The van der Waals surface area contributed by atoms with Gasteiger partial charge in [-0.05, 0) is 38.1 Å². The Morgan fingerprint density at radius 1 is 1.33 bits per heavy atom. The second-order valence-electron chi connectivity index (χ2n) is 4.47. The summed E-state index contributed by atoms with van der Waals surface area (Å²) in [5.41, 5.74) is 0.836. The zero-order valence-corrected chi connectivity index (χ0v) is 10.6. The van der Waals surface area contributed by atoms with E-state index in [-0.39, 0.29) is 17.9 Å². The predicted octanol–water partition coefficient (Wildman–Crippen LogP) is 3.10. The normalized spacial score (nSPS) is 14.4. The average Bonchev–Trinajstić information content (AvgIpc) is 2.82. The maximum Gasteiger partial charge on any atom is 0.141 e. The van der Waals surface area contributed by atoms with E-state index in [0.29, 0.717) is 0 Å². The highest BCUT2D eigenvalue weighted by Gasteiger charge is 2.12. The van der Waals surface area contributed by atoms with Gasteiger partial charge in [-0.15, -0.1) is 0 Å². The molecule has 2 aromatic rings. The van der Waals surface area contributed by atoms with Gasteiger partial charge in [-0.2, -0.15) is 0 Å². The van der Waals surface area contributed by atoms with Crippen LogP contribution in [0, 0.1) is 5.82 Å². The Balaban J connectivity index is 1.90. The van der Waals surface area contributed by atoms with E-state index in [1.807, 2.05) is 19.1 Å². The summed E-state index contributed by atoms with van der Waals surface area (Å²) in [5.74, 6) is 0.642. The third kappa shape index (κ3) is 3.40. The fourth-order valence-electron chi connectivity index (χ4n) is 1.94. The summed E-state index contributed by atoms with van der Waals surface area (Å²) in [5, 5.41) is 3.41. The summed E-state index contributed by atoms with van der Waals surface area (Å²) in [7, 11) is 0. The van der Waals surface area contributed by atoms with E-state index in [0.717, 1.165) is 17.9 Å². The maximum absolute atomic E-state index is 12.8. The van der Waals surface area contributed by atoms with Gasteiger partial charge < -0.3 is 9.73 Å². The number of pyridine rings is 1. The number of hydrogen-bond donors (Lipinski definition) is 1. The molecule has 0 aromatic carbocycles. The molecule has 0 aliphatic heterocycles. The SMILES string of the molecule is CC(Cc1ccco1)NC(C)c1ccc(F)cn1. The molecule has 2 aromatic heterocycles. The van der Waals surface area contributed by atoms with Crippen molar-refractivity contribution in [2.75, 3.05) is 0 Å². The number of furan rings is 1. The summed E-state index contributed by atoms with van der Waals surface area (Å²) >= 11 is 0. The Morgan fingerprint density at radius 2 is 2.17 bits per heavy atom. The van der Waals surface area contributed by atoms with Crippen LogP contribution in [0.2, 0.25) is 0 Å². The van der Waals surface area contributed by atoms with E-state index < -0.39 is 0 Å². The zero-order valence-electron chi connectivity index (χ0n) is 10.6. The third-order valence-corrected chi connectivity index (χ3v) is 2.82. The lowest BCUT2D eigenvalue weighted by Crippen LogP contribution is -2.31. The molecule has 0 aliphatic carbocycles. The highest BCUT2D eigenvalue weighted by atomic mass is 19.1. The van der Waals surface area contributed by atoms with Crippen molar-refractivity contribution >= 4 is 0 Å². The molecule has 0 aliphatic rings. The van der Waals surface area contributed by atoms with E-state index in [9.17, 15) is 4.39 Å². The Hall–Kier alpha value is -1.68. The summed E-state index contributed by atoms with van der Waals surface area (Å²) < 4.78 is 18.1. The van der Waals surface area contributed by atoms with E-state index in [2.05, 4.69) is 17.2 Å². The predicted molar refractivity (Wildman–Crippen MR) is 67.6 cm³/mol. The van der Waals surface area contributed by atoms with Crippen LogP contribution in [-0.2, 0) is 6.42 Å². The van der Waals surface area contributed by atoms with Crippen LogP contribution in [-0.4, -0.2) is 11.0 Å². The molecular formula is C14H17FN2O. The van der Waals surface area contributed by atoms with Gasteiger partial charge in [0.2, 0.25) is 0 Å². The molecule has 3 nitrogen and oxygen atoms in total. The second kappa shape index (κ2) is 5.78. The lowest BCUT2D eigenvalue weighted by atomic mass is 10.1. The molecule has 0 saturated carbocycles. The molecule has 18 heavy (non-hydrogen) atoms.